The summed E-state index contributed by atoms with van der Waals surface area (Å²) in [5.74, 6) is -0.435. The predicted molar refractivity (Wildman–Crippen MR) is 105 cm³/mol. The van der Waals surface area contributed by atoms with Gasteiger partial charge in [-0.1, -0.05) is 19.1 Å². The van der Waals surface area contributed by atoms with Gasteiger partial charge in [-0.3, -0.25) is 18.7 Å². The van der Waals surface area contributed by atoms with Crippen LogP contribution in [0.25, 0.3) is 11.0 Å². The highest BCUT2D eigenvalue weighted by Crippen LogP contribution is 2.12. The lowest BCUT2D eigenvalue weighted by atomic mass is 10.1. The van der Waals surface area contributed by atoms with Crippen LogP contribution in [-0.4, -0.2) is 20.0 Å². The maximum absolute atomic E-state index is 12.8. The first-order chi connectivity index (χ1) is 12.8. The Hall–Kier alpha value is -3.22. The van der Waals surface area contributed by atoms with Crippen molar-refractivity contribution in [2.45, 2.75) is 33.7 Å². The lowest BCUT2D eigenvalue weighted by molar-refractivity contribution is -0.116. The molecule has 7 nitrogen and oxygen atoms in total. The van der Waals surface area contributed by atoms with Crippen molar-refractivity contribution in [3.8, 4) is 0 Å². The van der Waals surface area contributed by atoms with E-state index in [9.17, 15) is 14.4 Å². The molecule has 1 N–H and O–H groups in total. The normalized spacial score (nSPS) is 11.0. The molecule has 0 fully saturated rings. The van der Waals surface area contributed by atoms with Gasteiger partial charge in [0.1, 0.15) is 12.2 Å². The number of nitrogens with one attached hydrogen (secondary N) is 1. The molecule has 0 atom stereocenters. The number of amides is 1. The van der Waals surface area contributed by atoms with Gasteiger partial charge in [0.25, 0.3) is 5.56 Å². The Bertz CT molecular complexity index is 1140. The number of anilines is 1. The first-order valence-electron chi connectivity index (χ1n) is 8.78. The molecule has 0 aliphatic heterocycles. The van der Waals surface area contributed by atoms with Gasteiger partial charge in [-0.15, -0.1) is 0 Å². The number of benzene rings is 1. The van der Waals surface area contributed by atoms with E-state index in [-0.39, 0.29) is 6.54 Å². The molecule has 2 heterocycles. The Morgan fingerprint density at radius 2 is 1.81 bits per heavy atom. The van der Waals surface area contributed by atoms with E-state index in [1.165, 1.54) is 4.57 Å². The SMILES string of the molecule is CCc1ccc(NC(=O)Cn2c(=O)c3c(C)cc(C)nc3n(C)c2=O)cc1. The second-order valence-corrected chi connectivity index (χ2v) is 6.61. The minimum Gasteiger partial charge on any atom is -0.325 e. The number of aromatic nitrogens is 3. The topological polar surface area (TPSA) is 86.0 Å². The van der Waals surface area contributed by atoms with Gasteiger partial charge in [-0.05, 0) is 49.6 Å². The Kier molecular flexibility index (Phi) is 4.94. The summed E-state index contributed by atoms with van der Waals surface area (Å²) in [6.07, 6.45) is 0.906. The minimum atomic E-state index is -0.568. The van der Waals surface area contributed by atoms with Crippen LogP contribution in [0.3, 0.4) is 0 Å². The molecule has 1 aromatic carbocycles. The van der Waals surface area contributed by atoms with Crippen molar-refractivity contribution in [3.05, 3.63) is 68.0 Å². The number of carbonyl (C=O) groups excluding carboxylic acids is 1. The average Bonchev–Trinajstić information content (AvgIpc) is 2.63. The highest BCUT2D eigenvalue weighted by molar-refractivity contribution is 5.90. The highest BCUT2D eigenvalue weighted by Gasteiger charge is 2.16. The molecule has 3 aromatic rings. The van der Waals surface area contributed by atoms with Crippen LogP contribution in [0, 0.1) is 13.8 Å². The highest BCUT2D eigenvalue weighted by atomic mass is 16.2. The summed E-state index contributed by atoms with van der Waals surface area (Å²) in [6.45, 7) is 5.29. The van der Waals surface area contributed by atoms with Crippen molar-refractivity contribution in [1.82, 2.24) is 14.1 Å². The van der Waals surface area contributed by atoms with E-state index < -0.39 is 17.2 Å². The van der Waals surface area contributed by atoms with Gasteiger partial charge in [0.15, 0.2) is 0 Å². The van der Waals surface area contributed by atoms with E-state index in [1.807, 2.05) is 19.1 Å². The monoisotopic (exact) mass is 366 g/mol. The van der Waals surface area contributed by atoms with Crippen molar-refractivity contribution in [2.75, 3.05) is 5.32 Å². The van der Waals surface area contributed by atoms with Crippen molar-refractivity contribution in [1.29, 1.82) is 0 Å². The molecule has 1 amide bonds. The van der Waals surface area contributed by atoms with Crippen molar-refractivity contribution in [3.63, 3.8) is 0 Å². The van der Waals surface area contributed by atoms with Gasteiger partial charge < -0.3 is 5.32 Å². The van der Waals surface area contributed by atoms with Gasteiger partial charge in [0, 0.05) is 18.4 Å². The van der Waals surface area contributed by atoms with Crippen LogP contribution < -0.4 is 16.6 Å². The zero-order valence-electron chi connectivity index (χ0n) is 15.9. The van der Waals surface area contributed by atoms with E-state index in [0.717, 1.165) is 27.8 Å². The van der Waals surface area contributed by atoms with E-state index >= 15 is 0 Å². The Morgan fingerprint density at radius 1 is 1.15 bits per heavy atom. The quantitative estimate of drug-likeness (QED) is 0.764. The zero-order valence-corrected chi connectivity index (χ0v) is 15.9. The average molecular weight is 366 g/mol. The fourth-order valence-corrected chi connectivity index (χ4v) is 3.12. The Balaban J connectivity index is 1.98. The van der Waals surface area contributed by atoms with E-state index in [1.54, 1.807) is 39.1 Å². The number of hydrogen-bond donors (Lipinski definition) is 1. The van der Waals surface area contributed by atoms with Crippen LogP contribution in [0.15, 0.2) is 39.9 Å². The lowest BCUT2D eigenvalue weighted by Gasteiger charge is -2.12. The van der Waals surface area contributed by atoms with E-state index in [4.69, 9.17) is 0 Å². The molecule has 0 spiro atoms. The molecule has 0 saturated heterocycles. The fourth-order valence-electron chi connectivity index (χ4n) is 3.12. The van der Waals surface area contributed by atoms with Gasteiger partial charge in [-0.2, -0.15) is 0 Å². The van der Waals surface area contributed by atoms with Crippen molar-refractivity contribution >= 4 is 22.6 Å². The summed E-state index contributed by atoms with van der Waals surface area (Å²) in [5.41, 5.74) is 2.48. The third kappa shape index (κ3) is 3.53. The molecule has 27 heavy (non-hydrogen) atoms. The van der Waals surface area contributed by atoms with E-state index in [0.29, 0.717) is 16.7 Å². The number of nitrogens with zero attached hydrogens (tertiary/aromatic N) is 3. The molecule has 7 heteroatoms. The van der Waals surface area contributed by atoms with Crippen molar-refractivity contribution < 1.29 is 4.79 Å². The first kappa shape index (κ1) is 18.6. The van der Waals surface area contributed by atoms with Crippen molar-refractivity contribution in [2.24, 2.45) is 7.05 Å². The van der Waals surface area contributed by atoms with Gasteiger partial charge in [0.2, 0.25) is 5.91 Å². The van der Waals surface area contributed by atoms with Crippen LogP contribution in [0.2, 0.25) is 0 Å². The molecular weight excluding hydrogens is 344 g/mol. The molecular formula is C20H22N4O3. The minimum absolute atomic E-state index is 0.328. The molecule has 0 saturated carbocycles. The Labute approximate surface area is 156 Å². The van der Waals surface area contributed by atoms with Gasteiger partial charge in [-0.25, -0.2) is 9.78 Å². The molecule has 2 aromatic heterocycles. The number of hydrogen-bond acceptors (Lipinski definition) is 4. The van der Waals surface area contributed by atoms with E-state index in [2.05, 4.69) is 10.3 Å². The van der Waals surface area contributed by atoms with Crippen LogP contribution in [0.4, 0.5) is 5.69 Å². The molecule has 3 rings (SSSR count). The second kappa shape index (κ2) is 7.19. The summed E-state index contributed by atoms with van der Waals surface area (Å²) in [7, 11) is 1.55. The maximum Gasteiger partial charge on any atom is 0.332 e. The number of pyridine rings is 1. The zero-order chi connectivity index (χ0) is 19.7. The van der Waals surface area contributed by atoms with Crippen LogP contribution >= 0.6 is 0 Å². The fraction of sp³-hybridized carbons (Fsp3) is 0.300. The Morgan fingerprint density at radius 3 is 2.44 bits per heavy atom. The largest absolute Gasteiger partial charge is 0.332 e. The van der Waals surface area contributed by atoms with Crippen LogP contribution in [-0.2, 0) is 24.8 Å². The summed E-state index contributed by atoms with van der Waals surface area (Å²) < 4.78 is 2.25. The third-order valence-corrected chi connectivity index (χ3v) is 4.57. The standard InChI is InChI=1S/C20H22N4O3/c1-5-14-6-8-15(9-7-14)22-16(25)11-24-19(26)17-12(2)10-13(3)21-18(17)23(4)20(24)27/h6-10H,5,11H2,1-4H3,(H,22,25). The van der Waals surface area contributed by atoms with Gasteiger partial charge in [0.05, 0.1) is 5.39 Å². The molecule has 140 valence electrons. The number of carbonyl (C=O) groups is 1. The van der Waals surface area contributed by atoms with Crippen LogP contribution in [0.1, 0.15) is 23.7 Å². The van der Waals surface area contributed by atoms with Gasteiger partial charge >= 0.3 is 5.69 Å². The molecule has 0 aliphatic carbocycles. The summed E-state index contributed by atoms with van der Waals surface area (Å²) >= 11 is 0. The number of fused-ring (bicyclic) bond motifs is 1. The summed E-state index contributed by atoms with van der Waals surface area (Å²) in [5, 5.41) is 3.07. The molecule has 0 unspecified atom stereocenters. The summed E-state index contributed by atoms with van der Waals surface area (Å²) in [6, 6.07) is 9.24. The lowest BCUT2D eigenvalue weighted by Crippen LogP contribution is -2.42. The summed E-state index contributed by atoms with van der Waals surface area (Å²) in [4.78, 5) is 42.1. The first-order valence-corrected chi connectivity index (χ1v) is 8.78. The second-order valence-electron chi connectivity index (χ2n) is 6.61. The maximum atomic E-state index is 12.8. The predicted octanol–water partition coefficient (Wildman–Crippen LogP) is 1.91. The molecule has 0 aliphatic rings. The smallest absolute Gasteiger partial charge is 0.325 e. The van der Waals surface area contributed by atoms with Crippen LogP contribution in [0.5, 0.6) is 0 Å². The number of aryl methyl sites for hydroxylation is 4. The number of rotatable bonds is 4. The molecule has 0 radical (unpaired) electrons. The molecule has 0 bridgehead atoms. The third-order valence-electron chi connectivity index (χ3n) is 4.57.